The molecule has 4 bridgehead atoms. The van der Waals surface area contributed by atoms with E-state index in [1.807, 2.05) is 12.1 Å². The van der Waals surface area contributed by atoms with E-state index in [1.165, 1.54) is 38.5 Å². The van der Waals surface area contributed by atoms with Gasteiger partial charge in [-0.15, -0.1) is 0 Å². The van der Waals surface area contributed by atoms with Gasteiger partial charge in [-0.25, -0.2) is 0 Å². The molecular formula is C22H31ClN2O3. The molecular weight excluding hydrogens is 376 g/mol. The maximum atomic E-state index is 11.0. The third-order valence-electron chi connectivity index (χ3n) is 7.26. The Labute approximate surface area is 172 Å². The Bertz CT molecular complexity index is 716. The van der Waals surface area contributed by atoms with Gasteiger partial charge in [0.15, 0.2) is 18.1 Å². The van der Waals surface area contributed by atoms with Gasteiger partial charge in [-0.1, -0.05) is 11.6 Å². The van der Waals surface area contributed by atoms with Crippen LogP contribution >= 0.6 is 11.6 Å². The molecule has 0 aromatic heterocycles. The van der Waals surface area contributed by atoms with Gasteiger partial charge < -0.3 is 20.5 Å². The average Bonchev–Trinajstić information content (AvgIpc) is 2.63. The van der Waals surface area contributed by atoms with Crippen molar-refractivity contribution in [2.24, 2.45) is 28.9 Å². The maximum Gasteiger partial charge on any atom is 0.255 e. The van der Waals surface area contributed by atoms with Gasteiger partial charge in [-0.3, -0.25) is 4.79 Å². The molecule has 4 aliphatic carbocycles. The minimum absolute atomic E-state index is 0.225. The fourth-order valence-electron chi connectivity index (χ4n) is 6.35. The first-order valence-corrected chi connectivity index (χ1v) is 10.8. The number of ether oxygens (including phenoxy) is 2. The second-order valence-corrected chi connectivity index (χ2v) is 9.65. The molecule has 1 atom stereocenters. The van der Waals surface area contributed by atoms with Crippen LogP contribution in [0, 0.1) is 23.2 Å². The van der Waals surface area contributed by atoms with Crippen LogP contribution < -0.4 is 20.5 Å². The van der Waals surface area contributed by atoms with E-state index in [9.17, 15) is 4.79 Å². The Kier molecular flexibility index (Phi) is 5.49. The largest absolute Gasteiger partial charge is 0.493 e. The lowest BCUT2D eigenvalue weighted by Crippen LogP contribution is -2.54. The summed E-state index contributed by atoms with van der Waals surface area (Å²) in [6.45, 7) is 2.86. The summed E-state index contributed by atoms with van der Waals surface area (Å²) in [4.78, 5) is 11.0. The summed E-state index contributed by atoms with van der Waals surface area (Å²) in [5.41, 5.74) is 6.67. The first-order chi connectivity index (χ1) is 13.4. The predicted molar refractivity (Wildman–Crippen MR) is 110 cm³/mol. The Morgan fingerprint density at radius 1 is 1.25 bits per heavy atom. The van der Waals surface area contributed by atoms with Crippen LogP contribution in [0.4, 0.5) is 0 Å². The van der Waals surface area contributed by atoms with E-state index in [0.717, 1.165) is 29.9 Å². The molecule has 3 N–H and O–H groups in total. The zero-order valence-electron chi connectivity index (χ0n) is 16.8. The number of hydrogen-bond donors (Lipinski definition) is 2. The van der Waals surface area contributed by atoms with Crippen molar-refractivity contribution in [3.63, 3.8) is 0 Å². The number of primary amides is 1. The zero-order valence-corrected chi connectivity index (χ0v) is 17.6. The van der Waals surface area contributed by atoms with E-state index in [4.69, 9.17) is 26.8 Å². The van der Waals surface area contributed by atoms with Gasteiger partial charge in [0.05, 0.1) is 12.1 Å². The number of amides is 1. The minimum Gasteiger partial charge on any atom is -0.493 e. The lowest BCUT2D eigenvalue weighted by molar-refractivity contribution is -0.119. The molecule has 5 nitrogen and oxygen atoms in total. The van der Waals surface area contributed by atoms with Crippen LogP contribution in [0.1, 0.15) is 51.0 Å². The lowest BCUT2D eigenvalue weighted by atomic mass is 9.48. The standard InChI is InChI=1S/C22H31ClN2O3/c1-13(22-8-14-3-15(9-22)5-16(4-14)10-22)25-11-17-6-18(23)21(19(7-17)27-2)28-12-20(24)26/h6-7,13-16,25H,3-5,8-12H2,1-2H3,(H2,24,26). The summed E-state index contributed by atoms with van der Waals surface area (Å²) in [6.07, 6.45) is 8.55. The summed E-state index contributed by atoms with van der Waals surface area (Å²) in [5.74, 6) is 3.19. The molecule has 5 rings (SSSR count). The molecule has 6 heteroatoms. The van der Waals surface area contributed by atoms with Crippen LogP contribution in [0.15, 0.2) is 12.1 Å². The van der Waals surface area contributed by atoms with Crippen molar-refractivity contribution in [1.29, 1.82) is 0 Å². The summed E-state index contributed by atoms with van der Waals surface area (Å²) < 4.78 is 10.8. The molecule has 0 aliphatic heterocycles. The Hall–Kier alpha value is -1.46. The van der Waals surface area contributed by atoms with Crippen molar-refractivity contribution >= 4 is 17.5 Å². The van der Waals surface area contributed by atoms with E-state index in [0.29, 0.717) is 28.0 Å². The van der Waals surface area contributed by atoms with Gasteiger partial charge in [0, 0.05) is 12.6 Å². The number of hydrogen-bond acceptors (Lipinski definition) is 4. The molecule has 0 radical (unpaired) electrons. The second-order valence-electron chi connectivity index (χ2n) is 9.25. The van der Waals surface area contributed by atoms with Crippen molar-refractivity contribution in [2.75, 3.05) is 13.7 Å². The van der Waals surface area contributed by atoms with Crippen LogP contribution in [0.25, 0.3) is 0 Å². The average molecular weight is 407 g/mol. The fourth-order valence-corrected chi connectivity index (χ4v) is 6.64. The fraction of sp³-hybridized carbons (Fsp3) is 0.682. The second kappa shape index (κ2) is 7.75. The quantitative estimate of drug-likeness (QED) is 0.686. The van der Waals surface area contributed by atoms with Crippen LogP contribution in [-0.2, 0) is 11.3 Å². The number of rotatable bonds is 8. The van der Waals surface area contributed by atoms with Gasteiger partial charge >= 0.3 is 0 Å². The Morgan fingerprint density at radius 2 is 1.86 bits per heavy atom. The van der Waals surface area contributed by atoms with E-state index in [-0.39, 0.29) is 6.61 Å². The number of carbonyl (C=O) groups is 1. The molecule has 1 unspecified atom stereocenters. The summed E-state index contributed by atoms with van der Waals surface area (Å²) >= 11 is 6.38. The molecule has 1 amide bonds. The smallest absolute Gasteiger partial charge is 0.255 e. The van der Waals surface area contributed by atoms with Crippen molar-refractivity contribution in [3.8, 4) is 11.5 Å². The van der Waals surface area contributed by atoms with Gasteiger partial charge in [0.1, 0.15) is 0 Å². The lowest BCUT2D eigenvalue weighted by Gasteiger charge is -2.59. The highest BCUT2D eigenvalue weighted by Gasteiger charge is 2.52. The van der Waals surface area contributed by atoms with E-state index >= 15 is 0 Å². The summed E-state index contributed by atoms with van der Waals surface area (Å²) in [6, 6.07) is 4.28. The Balaban J connectivity index is 1.43. The van der Waals surface area contributed by atoms with Crippen LogP contribution in [0.2, 0.25) is 5.02 Å². The van der Waals surface area contributed by atoms with Crippen LogP contribution in [0.5, 0.6) is 11.5 Å². The molecule has 0 spiro atoms. The van der Waals surface area contributed by atoms with Crippen molar-refractivity contribution in [2.45, 2.75) is 58.0 Å². The van der Waals surface area contributed by atoms with Gasteiger partial charge in [-0.05, 0) is 86.3 Å². The van der Waals surface area contributed by atoms with E-state index < -0.39 is 5.91 Å². The van der Waals surface area contributed by atoms with Crippen LogP contribution in [0.3, 0.4) is 0 Å². The number of halogens is 1. The molecule has 154 valence electrons. The van der Waals surface area contributed by atoms with Gasteiger partial charge in [0.25, 0.3) is 5.91 Å². The monoisotopic (exact) mass is 406 g/mol. The third kappa shape index (κ3) is 3.84. The summed E-state index contributed by atoms with van der Waals surface area (Å²) in [5, 5.41) is 4.21. The number of methoxy groups -OCH3 is 1. The Morgan fingerprint density at radius 3 is 2.39 bits per heavy atom. The first-order valence-electron chi connectivity index (χ1n) is 10.4. The highest BCUT2D eigenvalue weighted by atomic mass is 35.5. The van der Waals surface area contributed by atoms with Crippen molar-refractivity contribution < 1.29 is 14.3 Å². The third-order valence-corrected chi connectivity index (χ3v) is 7.55. The number of nitrogens with one attached hydrogen (secondary N) is 1. The zero-order chi connectivity index (χ0) is 19.9. The number of carbonyl (C=O) groups excluding carboxylic acids is 1. The number of benzene rings is 1. The van der Waals surface area contributed by atoms with Crippen molar-refractivity contribution in [1.82, 2.24) is 5.32 Å². The molecule has 1 aromatic rings. The van der Waals surface area contributed by atoms with Crippen molar-refractivity contribution in [3.05, 3.63) is 22.7 Å². The molecule has 0 saturated heterocycles. The summed E-state index contributed by atoms with van der Waals surface area (Å²) in [7, 11) is 1.57. The SMILES string of the molecule is COc1cc(CNC(C)C23CC4CC(CC(C4)C2)C3)cc(Cl)c1OCC(N)=O. The molecule has 0 heterocycles. The normalized spacial score (nSPS) is 31.6. The number of nitrogens with two attached hydrogens (primary N) is 1. The van der Waals surface area contributed by atoms with Gasteiger partial charge in [-0.2, -0.15) is 0 Å². The minimum atomic E-state index is -0.548. The molecule has 4 aliphatic rings. The van der Waals surface area contributed by atoms with Gasteiger partial charge in [0.2, 0.25) is 0 Å². The maximum absolute atomic E-state index is 11.0. The topological polar surface area (TPSA) is 73.6 Å². The molecule has 28 heavy (non-hydrogen) atoms. The molecule has 4 saturated carbocycles. The van der Waals surface area contributed by atoms with E-state index in [1.54, 1.807) is 7.11 Å². The highest BCUT2D eigenvalue weighted by molar-refractivity contribution is 6.32. The predicted octanol–water partition coefficient (Wildman–Crippen LogP) is 3.91. The van der Waals surface area contributed by atoms with Crippen LogP contribution in [-0.4, -0.2) is 25.7 Å². The molecule has 4 fully saturated rings. The molecule has 1 aromatic carbocycles. The van der Waals surface area contributed by atoms with E-state index in [2.05, 4.69) is 12.2 Å². The first kappa shape index (κ1) is 19.8. The highest BCUT2D eigenvalue weighted by Crippen LogP contribution is 2.61.